The SMILES string of the molecule is CC(=O)O[C@H]1CC[C@@]2(C)C(=CC[C@@H]3[C@@H]2CC[C@@]2(C)[C@H]3C[C@@H]3O[C@@]4(C)O[C@H](CCC(C)C)[C@](C)(O4)[C@@]32O)C1. The normalized spacial score (nSPS) is 54.1. The van der Waals surface area contributed by atoms with Gasteiger partial charge in [0.2, 0.25) is 0 Å². The summed E-state index contributed by atoms with van der Waals surface area (Å²) in [5.74, 6) is 0.776. The molecule has 0 unspecified atom stereocenters. The van der Waals surface area contributed by atoms with Crippen LogP contribution in [0.25, 0.3) is 0 Å². The van der Waals surface area contributed by atoms with E-state index in [4.69, 9.17) is 18.9 Å². The molecule has 5 fully saturated rings. The second kappa shape index (κ2) is 8.28. The van der Waals surface area contributed by atoms with Gasteiger partial charge in [-0.25, -0.2) is 0 Å². The van der Waals surface area contributed by atoms with Crippen LogP contribution >= 0.6 is 0 Å². The first kappa shape index (κ1) is 26.3. The number of hydrogen-bond acceptors (Lipinski definition) is 6. The van der Waals surface area contributed by atoms with Crippen molar-refractivity contribution in [3.63, 3.8) is 0 Å². The Bertz CT molecular complexity index is 992. The number of ether oxygens (including phenoxy) is 4. The number of fused-ring (bicyclic) bond motifs is 10. The van der Waals surface area contributed by atoms with E-state index in [2.05, 4.69) is 40.7 Å². The van der Waals surface area contributed by atoms with Crippen LogP contribution in [-0.2, 0) is 23.7 Å². The van der Waals surface area contributed by atoms with Gasteiger partial charge in [0.05, 0.1) is 12.2 Å². The van der Waals surface area contributed by atoms with Crippen LogP contribution in [0.5, 0.6) is 0 Å². The number of allylic oxidation sites excluding steroid dienone is 1. The van der Waals surface area contributed by atoms with Crippen LogP contribution in [0.15, 0.2) is 11.6 Å². The average Bonchev–Trinajstić information content (AvgIpc) is 3.18. The Hall–Kier alpha value is -0.950. The van der Waals surface area contributed by atoms with Crippen molar-refractivity contribution < 1.29 is 28.8 Å². The summed E-state index contributed by atoms with van der Waals surface area (Å²) in [4.78, 5) is 11.6. The van der Waals surface area contributed by atoms with Gasteiger partial charge in [0.1, 0.15) is 17.3 Å². The van der Waals surface area contributed by atoms with Crippen LogP contribution in [0.1, 0.15) is 106 Å². The zero-order chi connectivity index (χ0) is 26.6. The van der Waals surface area contributed by atoms with Gasteiger partial charge in [0, 0.05) is 25.7 Å². The minimum atomic E-state index is -1.09. The lowest BCUT2D eigenvalue weighted by atomic mass is 9.46. The van der Waals surface area contributed by atoms with E-state index in [-0.39, 0.29) is 35.1 Å². The molecule has 0 aromatic rings. The monoisotopic (exact) mass is 516 g/mol. The van der Waals surface area contributed by atoms with Gasteiger partial charge < -0.3 is 24.1 Å². The lowest BCUT2D eigenvalue weighted by molar-refractivity contribution is -0.421. The second-order valence-corrected chi connectivity index (χ2v) is 14.4. The fourth-order valence-corrected chi connectivity index (χ4v) is 10.3. The van der Waals surface area contributed by atoms with Gasteiger partial charge >= 0.3 is 5.97 Å². The first-order valence-electron chi connectivity index (χ1n) is 14.9. The largest absolute Gasteiger partial charge is 0.462 e. The molecule has 11 atom stereocenters. The van der Waals surface area contributed by atoms with E-state index in [1.165, 1.54) is 12.5 Å². The Kier molecular flexibility index (Phi) is 5.88. The van der Waals surface area contributed by atoms with Crippen LogP contribution in [-0.4, -0.2) is 46.6 Å². The summed E-state index contributed by atoms with van der Waals surface area (Å²) in [6.07, 6.45) is 10.7. The number of esters is 1. The predicted octanol–water partition coefficient (Wildman–Crippen LogP) is 5.90. The van der Waals surface area contributed by atoms with Gasteiger partial charge in [0.25, 0.3) is 5.97 Å². The fourth-order valence-electron chi connectivity index (χ4n) is 10.3. The molecule has 6 heteroatoms. The zero-order valence-electron chi connectivity index (χ0n) is 24.0. The lowest BCUT2D eigenvalue weighted by Crippen LogP contribution is -2.72. The summed E-state index contributed by atoms with van der Waals surface area (Å²) in [7, 11) is 0. The van der Waals surface area contributed by atoms with Crippen LogP contribution < -0.4 is 0 Å². The Morgan fingerprint density at radius 1 is 1.14 bits per heavy atom. The summed E-state index contributed by atoms with van der Waals surface area (Å²) >= 11 is 0. The third-order valence-electron chi connectivity index (χ3n) is 12.1. The average molecular weight is 517 g/mol. The fraction of sp³-hybridized carbons (Fsp3) is 0.903. The smallest absolute Gasteiger partial charge is 0.302 e. The topological polar surface area (TPSA) is 74.2 Å². The highest BCUT2D eigenvalue weighted by atomic mass is 16.9. The first-order chi connectivity index (χ1) is 17.3. The maximum Gasteiger partial charge on any atom is 0.302 e. The summed E-state index contributed by atoms with van der Waals surface area (Å²) in [6.45, 7) is 14.8. The summed E-state index contributed by atoms with van der Waals surface area (Å²) < 4.78 is 25.2. The third-order valence-corrected chi connectivity index (χ3v) is 12.1. The van der Waals surface area contributed by atoms with E-state index in [1.54, 1.807) is 0 Å². The highest BCUT2D eigenvalue weighted by molar-refractivity contribution is 5.66. The molecule has 6 aliphatic rings. The van der Waals surface area contributed by atoms with Crippen LogP contribution in [0.2, 0.25) is 0 Å². The zero-order valence-corrected chi connectivity index (χ0v) is 24.0. The number of aliphatic hydroxyl groups is 1. The van der Waals surface area contributed by atoms with E-state index in [9.17, 15) is 9.90 Å². The maximum atomic E-state index is 12.9. The summed E-state index contributed by atoms with van der Waals surface area (Å²) in [5, 5.41) is 12.9. The van der Waals surface area contributed by atoms with Crippen molar-refractivity contribution in [3.05, 3.63) is 11.6 Å². The molecule has 2 saturated heterocycles. The van der Waals surface area contributed by atoms with Gasteiger partial charge in [-0.15, -0.1) is 0 Å². The Morgan fingerprint density at radius 3 is 2.59 bits per heavy atom. The molecule has 0 aromatic carbocycles. The van der Waals surface area contributed by atoms with Crippen LogP contribution in [0, 0.1) is 34.5 Å². The van der Waals surface area contributed by atoms with Gasteiger partial charge in [-0.1, -0.05) is 39.3 Å². The van der Waals surface area contributed by atoms with Crippen LogP contribution in [0.4, 0.5) is 0 Å². The molecule has 208 valence electrons. The van der Waals surface area contributed by atoms with E-state index < -0.39 is 17.2 Å². The molecule has 2 bridgehead atoms. The van der Waals surface area contributed by atoms with Crippen molar-refractivity contribution in [1.29, 1.82) is 0 Å². The summed E-state index contributed by atoms with van der Waals surface area (Å²) in [5.41, 5.74) is -0.547. The molecule has 6 rings (SSSR count). The molecule has 0 amide bonds. The minimum absolute atomic E-state index is 0.0156. The molecule has 2 aliphatic heterocycles. The third kappa shape index (κ3) is 3.47. The van der Waals surface area contributed by atoms with Gasteiger partial charge in [-0.3, -0.25) is 4.79 Å². The Balaban J connectivity index is 1.32. The molecule has 0 spiro atoms. The molecule has 4 aliphatic carbocycles. The number of carbonyl (C=O) groups excluding carboxylic acids is 1. The van der Waals surface area contributed by atoms with E-state index in [1.807, 2.05) is 6.92 Å². The van der Waals surface area contributed by atoms with Crippen molar-refractivity contribution in [2.24, 2.45) is 34.5 Å². The van der Waals surface area contributed by atoms with Crippen molar-refractivity contribution in [2.45, 2.75) is 142 Å². The van der Waals surface area contributed by atoms with Crippen molar-refractivity contribution in [2.75, 3.05) is 0 Å². The highest BCUT2D eigenvalue weighted by Crippen LogP contribution is 2.72. The Labute approximate surface area is 222 Å². The quantitative estimate of drug-likeness (QED) is 0.370. The first-order valence-corrected chi connectivity index (χ1v) is 14.9. The van der Waals surface area contributed by atoms with Crippen molar-refractivity contribution in [1.82, 2.24) is 0 Å². The molecule has 37 heavy (non-hydrogen) atoms. The van der Waals surface area contributed by atoms with Gasteiger partial charge in [-0.2, -0.15) is 0 Å². The van der Waals surface area contributed by atoms with Crippen molar-refractivity contribution in [3.8, 4) is 0 Å². The van der Waals surface area contributed by atoms with E-state index in [0.29, 0.717) is 23.7 Å². The molecule has 2 heterocycles. The predicted molar refractivity (Wildman–Crippen MR) is 139 cm³/mol. The standard InChI is InChI=1S/C31H48O6/c1-18(2)8-11-25-29(6)31(33)26(36-30(7,35-25)37-29)17-24-22-10-9-20-16-21(34-19(3)32)12-14-27(20,4)23(22)13-15-28(24,31)5/h9,18,21-26,33H,8,10-17H2,1-7H3/t21-,22+,23-,24-,25+,26-,27-,28-,29-,30+,31+/m0/s1. The lowest BCUT2D eigenvalue weighted by Gasteiger charge is -2.61. The van der Waals surface area contributed by atoms with Gasteiger partial charge in [0.15, 0.2) is 0 Å². The number of rotatable bonds is 4. The minimum Gasteiger partial charge on any atom is -0.462 e. The molecule has 1 N–H and O–H groups in total. The second-order valence-electron chi connectivity index (χ2n) is 14.4. The Morgan fingerprint density at radius 2 is 1.89 bits per heavy atom. The maximum absolute atomic E-state index is 12.9. The van der Waals surface area contributed by atoms with E-state index in [0.717, 1.165) is 57.8 Å². The van der Waals surface area contributed by atoms with Gasteiger partial charge in [-0.05, 0) is 87.4 Å². The molecular formula is C31H48O6. The van der Waals surface area contributed by atoms with Crippen molar-refractivity contribution >= 4 is 5.97 Å². The highest BCUT2D eigenvalue weighted by Gasteiger charge is 2.80. The molecule has 0 radical (unpaired) electrons. The molecule has 0 aromatic heterocycles. The number of hydrogen-bond donors (Lipinski definition) is 1. The number of carbonyl (C=O) groups is 1. The van der Waals surface area contributed by atoms with Crippen LogP contribution in [0.3, 0.4) is 0 Å². The summed E-state index contributed by atoms with van der Waals surface area (Å²) in [6, 6.07) is 0. The molecular weight excluding hydrogens is 468 g/mol. The van der Waals surface area contributed by atoms with E-state index >= 15 is 0 Å². The molecule has 3 saturated carbocycles. The molecule has 6 nitrogen and oxygen atoms in total.